The molecule has 0 saturated carbocycles. The van der Waals surface area contributed by atoms with Gasteiger partial charge in [0.15, 0.2) is 0 Å². The van der Waals surface area contributed by atoms with E-state index in [0.717, 1.165) is 6.41 Å². The first kappa shape index (κ1) is 10.4. The van der Waals surface area contributed by atoms with Gasteiger partial charge in [-0.05, 0) is 20.5 Å². The molecule has 0 radical (unpaired) electrons. The molecule has 0 atom stereocenters. The van der Waals surface area contributed by atoms with E-state index >= 15 is 0 Å². The molecule has 0 aromatic carbocycles. The van der Waals surface area contributed by atoms with Gasteiger partial charge in [-0.15, -0.1) is 0 Å². The highest BCUT2D eigenvalue weighted by atomic mass is 16.3. The van der Waals surface area contributed by atoms with Crippen molar-refractivity contribution < 1.29 is 9.90 Å². The minimum atomic E-state index is 0.137. The smallest absolute Gasteiger partial charge is 0.210 e. The van der Waals surface area contributed by atoms with Crippen LogP contribution in [0.5, 0.6) is 0 Å². The number of aliphatic hydroxyl groups excluding tert-OH is 1. The van der Waals surface area contributed by atoms with Gasteiger partial charge in [-0.25, -0.2) is 0 Å². The first-order valence-corrected chi connectivity index (χ1v) is 3.65. The second-order valence-corrected chi connectivity index (χ2v) is 2.72. The van der Waals surface area contributed by atoms with Gasteiger partial charge in [-0.3, -0.25) is 9.69 Å². The van der Waals surface area contributed by atoms with Gasteiger partial charge in [0.05, 0.1) is 6.67 Å². The molecule has 1 amide bonds. The summed E-state index contributed by atoms with van der Waals surface area (Å²) in [7, 11) is 3.80. The van der Waals surface area contributed by atoms with Crippen LogP contribution in [-0.4, -0.2) is 55.2 Å². The lowest BCUT2D eigenvalue weighted by molar-refractivity contribution is -0.119. The fourth-order valence-corrected chi connectivity index (χ4v) is 0.794. The number of hydrogen-bond acceptors (Lipinski definition) is 3. The second kappa shape index (κ2) is 6.12. The van der Waals surface area contributed by atoms with E-state index in [0.29, 0.717) is 19.6 Å². The molecule has 0 aliphatic carbocycles. The van der Waals surface area contributed by atoms with Crippen LogP contribution in [-0.2, 0) is 4.79 Å². The van der Waals surface area contributed by atoms with E-state index < -0.39 is 0 Å². The summed E-state index contributed by atoms with van der Waals surface area (Å²) in [4.78, 5) is 13.9. The van der Waals surface area contributed by atoms with Crippen LogP contribution in [0.15, 0.2) is 0 Å². The largest absolute Gasteiger partial charge is 0.396 e. The van der Waals surface area contributed by atoms with Gasteiger partial charge < -0.3 is 10.0 Å². The molecule has 0 rings (SSSR count). The monoisotopic (exact) mass is 160 g/mol. The molecule has 1 N–H and O–H groups in total. The van der Waals surface area contributed by atoms with Crippen molar-refractivity contribution in [2.24, 2.45) is 0 Å². The van der Waals surface area contributed by atoms with E-state index in [2.05, 4.69) is 0 Å². The van der Waals surface area contributed by atoms with Gasteiger partial charge in [-0.2, -0.15) is 0 Å². The van der Waals surface area contributed by atoms with Crippen LogP contribution in [0.3, 0.4) is 0 Å². The topological polar surface area (TPSA) is 43.8 Å². The molecule has 0 spiro atoms. The number of hydrogen-bond donors (Lipinski definition) is 1. The first-order valence-electron chi connectivity index (χ1n) is 3.65. The average molecular weight is 160 g/mol. The summed E-state index contributed by atoms with van der Waals surface area (Å²) in [5.74, 6) is 0. The van der Waals surface area contributed by atoms with E-state index in [1.807, 2.05) is 19.0 Å². The Morgan fingerprint density at radius 2 is 2.09 bits per heavy atom. The van der Waals surface area contributed by atoms with Crippen molar-refractivity contribution in [3.8, 4) is 0 Å². The fourth-order valence-electron chi connectivity index (χ4n) is 0.794. The molecular formula is C7H16N2O2. The first-order chi connectivity index (χ1) is 5.20. The molecule has 0 fully saturated rings. The molecule has 0 aliphatic rings. The van der Waals surface area contributed by atoms with Crippen molar-refractivity contribution in [3.05, 3.63) is 0 Å². The van der Waals surface area contributed by atoms with Gasteiger partial charge >= 0.3 is 0 Å². The molecule has 11 heavy (non-hydrogen) atoms. The zero-order chi connectivity index (χ0) is 8.69. The van der Waals surface area contributed by atoms with Crippen molar-refractivity contribution in [2.75, 3.05) is 33.9 Å². The Labute approximate surface area is 67.4 Å². The Hall–Kier alpha value is -0.610. The Bertz CT molecular complexity index is 107. The molecule has 0 aromatic heterocycles. The summed E-state index contributed by atoms with van der Waals surface area (Å²) in [5, 5.41) is 8.49. The number of carbonyl (C=O) groups excluding carboxylic acids is 1. The summed E-state index contributed by atoms with van der Waals surface area (Å²) in [6.45, 7) is 1.37. The van der Waals surface area contributed by atoms with Crippen LogP contribution < -0.4 is 0 Å². The predicted molar refractivity (Wildman–Crippen MR) is 43.0 cm³/mol. The molecule has 0 aliphatic heterocycles. The third-order valence-corrected chi connectivity index (χ3v) is 1.22. The van der Waals surface area contributed by atoms with Crippen LogP contribution in [0.2, 0.25) is 0 Å². The lowest BCUT2D eigenvalue weighted by Crippen LogP contribution is -2.33. The summed E-state index contributed by atoms with van der Waals surface area (Å²) in [6.07, 6.45) is 1.45. The molecule has 0 bridgehead atoms. The maximum absolute atomic E-state index is 10.4. The van der Waals surface area contributed by atoms with Gasteiger partial charge in [-0.1, -0.05) is 0 Å². The summed E-state index contributed by atoms with van der Waals surface area (Å²) >= 11 is 0. The Morgan fingerprint density at radius 3 is 2.45 bits per heavy atom. The zero-order valence-electron chi connectivity index (χ0n) is 7.16. The molecular weight excluding hydrogens is 144 g/mol. The molecule has 0 aromatic rings. The number of carbonyl (C=O) groups is 1. The van der Waals surface area contributed by atoms with Crippen LogP contribution >= 0.6 is 0 Å². The van der Waals surface area contributed by atoms with Gasteiger partial charge in [0.2, 0.25) is 6.41 Å². The zero-order valence-corrected chi connectivity index (χ0v) is 7.16. The van der Waals surface area contributed by atoms with Crippen molar-refractivity contribution in [1.29, 1.82) is 0 Å². The highest BCUT2D eigenvalue weighted by Gasteiger charge is 2.00. The number of rotatable bonds is 6. The summed E-state index contributed by atoms with van der Waals surface area (Å²) in [5.41, 5.74) is 0. The summed E-state index contributed by atoms with van der Waals surface area (Å²) in [6, 6.07) is 0. The Morgan fingerprint density at radius 1 is 1.45 bits per heavy atom. The minimum absolute atomic E-state index is 0.137. The number of aliphatic hydroxyl groups is 1. The SMILES string of the molecule is CN(C)CN(C=O)CCCO. The van der Waals surface area contributed by atoms with Crippen LogP contribution in [0.25, 0.3) is 0 Å². The molecule has 4 heteroatoms. The third-order valence-electron chi connectivity index (χ3n) is 1.22. The van der Waals surface area contributed by atoms with E-state index in [9.17, 15) is 4.79 Å². The fraction of sp³-hybridized carbons (Fsp3) is 0.857. The van der Waals surface area contributed by atoms with Crippen molar-refractivity contribution in [3.63, 3.8) is 0 Å². The lowest BCUT2D eigenvalue weighted by Gasteiger charge is -2.20. The Kier molecular flexibility index (Phi) is 5.78. The van der Waals surface area contributed by atoms with Crippen LogP contribution in [0.1, 0.15) is 6.42 Å². The third kappa shape index (κ3) is 5.82. The average Bonchev–Trinajstić information content (AvgIpc) is 1.97. The normalized spacial score (nSPS) is 10.2. The Balaban J connectivity index is 3.49. The van der Waals surface area contributed by atoms with E-state index in [-0.39, 0.29) is 6.61 Å². The molecule has 0 saturated heterocycles. The number of amides is 1. The second-order valence-electron chi connectivity index (χ2n) is 2.72. The number of nitrogens with zero attached hydrogens (tertiary/aromatic N) is 2. The maximum atomic E-state index is 10.4. The lowest BCUT2D eigenvalue weighted by atomic mass is 10.4. The highest BCUT2D eigenvalue weighted by Crippen LogP contribution is 1.87. The van der Waals surface area contributed by atoms with E-state index in [1.165, 1.54) is 0 Å². The highest BCUT2D eigenvalue weighted by molar-refractivity contribution is 5.46. The molecule has 0 heterocycles. The summed E-state index contributed by atoms with van der Waals surface area (Å²) < 4.78 is 0. The van der Waals surface area contributed by atoms with Crippen LogP contribution in [0.4, 0.5) is 0 Å². The molecule has 66 valence electrons. The maximum Gasteiger partial charge on any atom is 0.210 e. The van der Waals surface area contributed by atoms with Crippen molar-refractivity contribution in [1.82, 2.24) is 9.80 Å². The van der Waals surface area contributed by atoms with Gasteiger partial charge in [0, 0.05) is 13.2 Å². The van der Waals surface area contributed by atoms with Crippen LogP contribution in [0, 0.1) is 0 Å². The van der Waals surface area contributed by atoms with E-state index in [1.54, 1.807) is 4.90 Å². The van der Waals surface area contributed by atoms with Gasteiger partial charge in [0.1, 0.15) is 0 Å². The van der Waals surface area contributed by atoms with E-state index in [4.69, 9.17) is 5.11 Å². The molecule has 4 nitrogen and oxygen atoms in total. The van der Waals surface area contributed by atoms with Crippen molar-refractivity contribution in [2.45, 2.75) is 6.42 Å². The minimum Gasteiger partial charge on any atom is -0.396 e. The van der Waals surface area contributed by atoms with Crippen molar-refractivity contribution >= 4 is 6.41 Å². The van der Waals surface area contributed by atoms with Gasteiger partial charge in [0.25, 0.3) is 0 Å². The molecule has 0 unspecified atom stereocenters. The predicted octanol–water partition coefficient (Wildman–Crippen LogP) is -0.654. The quantitative estimate of drug-likeness (QED) is 0.414. The standard InChI is InChI=1S/C7H16N2O2/c1-8(2)6-9(7-11)4-3-5-10/h7,10H,3-6H2,1-2H3.